The SMILES string of the molecule is NC1(C(=O)Nc2ccc(SC3CCCC3)cc2)CC1. The first kappa shape index (κ1) is 13.0. The Balaban J connectivity index is 1.57. The fourth-order valence-corrected chi connectivity index (χ4v) is 3.68. The second-order valence-corrected chi connectivity index (χ2v) is 7.03. The van der Waals surface area contributed by atoms with Gasteiger partial charge in [-0.1, -0.05) is 12.8 Å². The summed E-state index contributed by atoms with van der Waals surface area (Å²) in [6.07, 6.45) is 7.00. The normalized spacial score (nSPS) is 21.3. The molecular formula is C15H20N2OS. The minimum absolute atomic E-state index is 0.0521. The van der Waals surface area contributed by atoms with Crippen LogP contribution in [0.1, 0.15) is 38.5 Å². The first-order valence-corrected chi connectivity index (χ1v) is 7.91. The number of nitrogens with one attached hydrogen (secondary N) is 1. The van der Waals surface area contributed by atoms with E-state index < -0.39 is 5.54 Å². The molecule has 4 heteroatoms. The molecule has 0 radical (unpaired) electrons. The number of amides is 1. The van der Waals surface area contributed by atoms with Crippen LogP contribution < -0.4 is 11.1 Å². The van der Waals surface area contributed by atoms with Crippen molar-refractivity contribution in [1.82, 2.24) is 0 Å². The zero-order chi connectivity index (χ0) is 13.3. The number of carbonyl (C=O) groups excluding carboxylic acids is 1. The first-order valence-electron chi connectivity index (χ1n) is 7.03. The zero-order valence-electron chi connectivity index (χ0n) is 11.0. The number of hydrogen-bond acceptors (Lipinski definition) is 3. The van der Waals surface area contributed by atoms with E-state index >= 15 is 0 Å². The van der Waals surface area contributed by atoms with Gasteiger partial charge < -0.3 is 11.1 Å². The monoisotopic (exact) mass is 276 g/mol. The van der Waals surface area contributed by atoms with Crippen LogP contribution in [0.15, 0.2) is 29.2 Å². The fourth-order valence-electron chi connectivity index (χ4n) is 2.43. The van der Waals surface area contributed by atoms with Crippen LogP contribution in [0.2, 0.25) is 0 Å². The predicted octanol–water partition coefficient (Wildman–Crippen LogP) is 3.15. The summed E-state index contributed by atoms with van der Waals surface area (Å²) in [6, 6.07) is 8.13. The van der Waals surface area contributed by atoms with Crippen LogP contribution in [0, 0.1) is 0 Å². The van der Waals surface area contributed by atoms with E-state index in [9.17, 15) is 4.79 Å². The van der Waals surface area contributed by atoms with Crippen molar-refractivity contribution in [3.8, 4) is 0 Å². The van der Waals surface area contributed by atoms with Gasteiger partial charge in [-0.2, -0.15) is 0 Å². The molecule has 1 aromatic rings. The third kappa shape index (κ3) is 3.12. The topological polar surface area (TPSA) is 55.1 Å². The lowest BCUT2D eigenvalue weighted by Gasteiger charge is -2.12. The van der Waals surface area contributed by atoms with Gasteiger partial charge in [-0.3, -0.25) is 4.79 Å². The molecule has 0 saturated heterocycles. The number of benzene rings is 1. The van der Waals surface area contributed by atoms with Crippen molar-refractivity contribution in [2.24, 2.45) is 5.73 Å². The van der Waals surface area contributed by atoms with Crippen molar-refractivity contribution in [1.29, 1.82) is 0 Å². The molecule has 0 spiro atoms. The molecule has 0 bridgehead atoms. The van der Waals surface area contributed by atoms with E-state index in [1.54, 1.807) is 0 Å². The number of carbonyl (C=O) groups is 1. The summed E-state index contributed by atoms with van der Waals surface area (Å²) in [7, 11) is 0. The van der Waals surface area contributed by atoms with Gasteiger partial charge in [0.15, 0.2) is 0 Å². The number of anilines is 1. The van der Waals surface area contributed by atoms with Crippen LogP contribution in [-0.4, -0.2) is 16.7 Å². The van der Waals surface area contributed by atoms with Crippen LogP contribution >= 0.6 is 11.8 Å². The highest BCUT2D eigenvalue weighted by atomic mass is 32.2. The van der Waals surface area contributed by atoms with E-state index in [1.807, 2.05) is 23.9 Å². The molecule has 102 valence electrons. The molecule has 0 aliphatic heterocycles. The smallest absolute Gasteiger partial charge is 0.244 e. The first-order chi connectivity index (χ1) is 9.16. The van der Waals surface area contributed by atoms with Crippen molar-refractivity contribution < 1.29 is 4.79 Å². The molecule has 2 saturated carbocycles. The summed E-state index contributed by atoms with van der Waals surface area (Å²) in [5.41, 5.74) is 6.11. The maximum Gasteiger partial charge on any atom is 0.244 e. The van der Waals surface area contributed by atoms with Crippen LogP contribution in [0.4, 0.5) is 5.69 Å². The van der Waals surface area contributed by atoms with E-state index in [0.717, 1.165) is 23.8 Å². The van der Waals surface area contributed by atoms with Crippen molar-refractivity contribution in [3.05, 3.63) is 24.3 Å². The Bertz CT molecular complexity index is 462. The Morgan fingerprint density at radius 3 is 2.42 bits per heavy atom. The lowest BCUT2D eigenvalue weighted by molar-refractivity contribution is -0.118. The van der Waals surface area contributed by atoms with Crippen LogP contribution in [0.3, 0.4) is 0 Å². The minimum atomic E-state index is -0.600. The van der Waals surface area contributed by atoms with E-state index in [1.165, 1.54) is 30.6 Å². The molecule has 0 unspecified atom stereocenters. The van der Waals surface area contributed by atoms with Crippen LogP contribution in [0.5, 0.6) is 0 Å². The summed E-state index contributed by atoms with van der Waals surface area (Å²) >= 11 is 1.96. The third-order valence-electron chi connectivity index (χ3n) is 3.96. The number of nitrogens with two attached hydrogens (primary N) is 1. The Morgan fingerprint density at radius 2 is 1.84 bits per heavy atom. The maximum absolute atomic E-state index is 11.8. The van der Waals surface area contributed by atoms with Crippen molar-refractivity contribution >= 4 is 23.4 Å². The average molecular weight is 276 g/mol. The second-order valence-electron chi connectivity index (χ2n) is 5.66. The predicted molar refractivity (Wildman–Crippen MR) is 79.3 cm³/mol. The van der Waals surface area contributed by atoms with Gasteiger partial charge in [-0.05, 0) is 49.9 Å². The summed E-state index contributed by atoms with van der Waals surface area (Å²) in [6.45, 7) is 0. The van der Waals surface area contributed by atoms with E-state index in [4.69, 9.17) is 5.73 Å². The average Bonchev–Trinajstić information content (AvgIpc) is 2.96. The van der Waals surface area contributed by atoms with Crippen molar-refractivity contribution in [3.63, 3.8) is 0 Å². The third-order valence-corrected chi connectivity index (χ3v) is 5.31. The summed E-state index contributed by atoms with van der Waals surface area (Å²) < 4.78 is 0. The highest BCUT2D eigenvalue weighted by molar-refractivity contribution is 8.00. The zero-order valence-corrected chi connectivity index (χ0v) is 11.8. The molecule has 2 aliphatic rings. The van der Waals surface area contributed by atoms with Crippen LogP contribution in [-0.2, 0) is 4.79 Å². The largest absolute Gasteiger partial charge is 0.324 e. The lowest BCUT2D eigenvalue weighted by Crippen LogP contribution is -2.37. The van der Waals surface area contributed by atoms with Gasteiger partial charge in [-0.25, -0.2) is 0 Å². The Kier molecular flexibility index (Phi) is 3.54. The quantitative estimate of drug-likeness (QED) is 0.888. The minimum Gasteiger partial charge on any atom is -0.324 e. The van der Waals surface area contributed by atoms with Gasteiger partial charge in [0.2, 0.25) is 5.91 Å². The van der Waals surface area contributed by atoms with Gasteiger partial charge in [0, 0.05) is 15.8 Å². The number of rotatable bonds is 4. The molecule has 0 heterocycles. The molecule has 3 rings (SSSR count). The Morgan fingerprint density at radius 1 is 1.21 bits per heavy atom. The fraction of sp³-hybridized carbons (Fsp3) is 0.533. The van der Waals surface area contributed by atoms with E-state index in [-0.39, 0.29) is 5.91 Å². The van der Waals surface area contributed by atoms with E-state index in [2.05, 4.69) is 17.4 Å². The molecule has 0 atom stereocenters. The number of hydrogen-bond donors (Lipinski definition) is 2. The molecular weight excluding hydrogens is 256 g/mol. The highest BCUT2D eigenvalue weighted by Gasteiger charge is 2.45. The molecule has 3 N–H and O–H groups in total. The molecule has 3 nitrogen and oxygen atoms in total. The maximum atomic E-state index is 11.8. The van der Waals surface area contributed by atoms with Crippen molar-refractivity contribution in [2.45, 2.75) is 54.2 Å². The summed E-state index contributed by atoms with van der Waals surface area (Å²) in [5.74, 6) is -0.0521. The van der Waals surface area contributed by atoms with Gasteiger partial charge in [0.25, 0.3) is 0 Å². The summed E-state index contributed by atoms with van der Waals surface area (Å²) in [4.78, 5) is 13.1. The molecule has 0 aromatic heterocycles. The Labute approximate surface area is 118 Å². The van der Waals surface area contributed by atoms with Gasteiger partial charge in [-0.15, -0.1) is 11.8 Å². The van der Waals surface area contributed by atoms with Crippen molar-refractivity contribution in [2.75, 3.05) is 5.32 Å². The Hall–Kier alpha value is -1.00. The molecule has 19 heavy (non-hydrogen) atoms. The molecule has 1 aromatic carbocycles. The highest BCUT2D eigenvalue weighted by Crippen LogP contribution is 2.36. The van der Waals surface area contributed by atoms with Crippen LogP contribution in [0.25, 0.3) is 0 Å². The van der Waals surface area contributed by atoms with Gasteiger partial charge in [0.05, 0.1) is 5.54 Å². The van der Waals surface area contributed by atoms with Gasteiger partial charge >= 0.3 is 0 Å². The second kappa shape index (κ2) is 5.17. The van der Waals surface area contributed by atoms with Gasteiger partial charge in [0.1, 0.15) is 0 Å². The molecule has 1 amide bonds. The molecule has 2 aliphatic carbocycles. The summed E-state index contributed by atoms with van der Waals surface area (Å²) in [5, 5.41) is 3.67. The number of thioether (sulfide) groups is 1. The molecule has 2 fully saturated rings. The standard InChI is InChI=1S/C15H20N2OS/c16-15(9-10-15)14(18)17-11-5-7-13(8-6-11)19-12-3-1-2-4-12/h5-8,12H,1-4,9-10,16H2,(H,17,18). The van der Waals surface area contributed by atoms with E-state index in [0.29, 0.717) is 0 Å². The lowest BCUT2D eigenvalue weighted by atomic mass is 10.2.